The summed E-state index contributed by atoms with van der Waals surface area (Å²) in [5.74, 6) is -0.415. The first-order valence-electron chi connectivity index (χ1n) is 6.06. The van der Waals surface area contributed by atoms with Gasteiger partial charge in [0.1, 0.15) is 24.1 Å². The first kappa shape index (κ1) is 12.4. The van der Waals surface area contributed by atoms with Gasteiger partial charge < -0.3 is 24.4 Å². The van der Waals surface area contributed by atoms with E-state index in [2.05, 4.69) is 0 Å². The fourth-order valence-corrected chi connectivity index (χ4v) is 2.35. The molecule has 0 amide bonds. The molecular formula is C13H14O6. The molecule has 6 nitrogen and oxygen atoms in total. The minimum absolute atomic E-state index is 0.0862. The van der Waals surface area contributed by atoms with E-state index in [1.54, 1.807) is 0 Å². The van der Waals surface area contributed by atoms with Crippen molar-refractivity contribution < 1.29 is 29.2 Å². The third kappa shape index (κ3) is 2.30. The number of carbonyl (C=O) groups is 1. The number of phenols is 1. The van der Waals surface area contributed by atoms with Crippen LogP contribution in [0.2, 0.25) is 0 Å². The maximum Gasteiger partial charge on any atom is 0.338 e. The van der Waals surface area contributed by atoms with Crippen LogP contribution in [0.15, 0.2) is 24.3 Å². The van der Waals surface area contributed by atoms with Crippen LogP contribution in [0.3, 0.4) is 0 Å². The van der Waals surface area contributed by atoms with Crippen LogP contribution in [0.1, 0.15) is 10.4 Å². The number of aliphatic hydroxyl groups excluding tert-OH is 1. The van der Waals surface area contributed by atoms with Crippen molar-refractivity contribution in [2.24, 2.45) is 0 Å². The number of aromatic hydroxyl groups is 1. The van der Waals surface area contributed by atoms with Crippen molar-refractivity contribution in [2.45, 2.75) is 24.4 Å². The van der Waals surface area contributed by atoms with Crippen LogP contribution in [0.25, 0.3) is 0 Å². The van der Waals surface area contributed by atoms with Crippen LogP contribution in [-0.2, 0) is 14.2 Å². The second-order valence-electron chi connectivity index (χ2n) is 4.65. The molecule has 3 rings (SSSR count). The number of fused-ring (bicyclic) bond motifs is 1. The van der Waals surface area contributed by atoms with E-state index in [-0.39, 0.29) is 19.0 Å². The Hall–Kier alpha value is -1.63. The van der Waals surface area contributed by atoms with E-state index in [9.17, 15) is 9.90 Å². The van der Waals surface area contributed by atoms with Gasteiger partial charge in [-0.3, -0.25) is 0 Å². The van der Waals surface area contributed by atoms with E-state index in [1.807, 2.05) is 0 Å². The second-order valence-corrected chi connectivity index (χ2v) is 4.65. The van der Waals surface area contributed by atoms with Crippen molar-refractivity contribution >= 4 is 5.97 Å². The summed E-state index contributed by atoms with van der Waals surface area (Å²) in [6.07, 6.45) is -2.00. The zero-order chi connectivity index (χ0) is 13.4. The summed E-state index contributed by atoms with van der Waals surface area (Å²) in [6, 6.07) is 5.80. The van der Waals surface area contributed by atoms with E-state index in [1.165, 1.54) is 24.3 Å². The van der Waals surface area contributed by atoms with Crippen molar-refractivity contribution in [2.75, 3.05) is 13.2 Å². The highest BCUT2D eigenvalue weighted by molar-refractivity contribution is 5.89. The Balaban J connectivity index is 1.66. The number of rotatable bonds is 2. The normalized spacial score (nSPS) is 33.1. The first-order chi connectivity index (χ1) is 9.15. The smallest absolute Gasteiger partial charge is 0.338 e. The molecule has 6 heteroatoms. The molecule has 2 unspecified atom stereocenters. The average Bonchev–Trinajstić information content (AvgIpc) is 2.95. The summed E-state index contributed by atoms with van der Waals surface area (Å²) in [7, 11) is 0. The largest absolute Gasteiger partial charge is 0.508 e. The Kier molecular flexibility index (Phi) is 3.14. The van der Waals surface area contributed by atoms with Crippen molar-refractivity contribution in [3.05, 3.63) is 29.8 Å². The predicted molar refractivity (Wildman–Crippen MR) is 62.8 cm³/mol. The number of carbonyl (C=O) groups excluding carboxylic acids is 1. The van der Waals surface area contributed by atoms with Crippen LogP contribution in [0.4, 0.5) is 0 Å². The zero-order valence-corrected chi connectivity index (χ0v) is 10.1. The lowest BCUT2D eigenvalue weighted by atomic mass is 10.1. The second kappa shape index (κ2) is 4.80. The van der Waals surface area contributed by atoms with Gasteiger partial charge in [0.05, 0.1) is 18.8 Å². The summed E-state index contributed by atoms with van der Waals surface area (Å²) in [5.41, 5.74) is 0.347. The Morgan fingerprint density at radius 1 is 1.16 bits per heavy atom. The lowest BCUT2D eigenvalue weighted by Crippen LogP contribution is -2.34. The Morgan fingerprint density at radius 2 is 1.84 bits per heavy atom. The molecule has 2 fully saturated rings. The number of hydrogen-bond acceptors (Lipinski definition) is 6. The van der Waals surface area contributed by atoms with Gasteiger partial charge in [0.25, 0.3) is 0 Å². The highest BCUT2D eigenvalue weighted by Crippen LogP contribution is 2.29. The molecule has 2 N–H and O–H groups in total. The SMILES string of the molecule is O=C(O[C@@H]1COC2C1OC[C@H]2O)c1ccc(O)cc1. The van der Waals surface area contributed by atoms with Gasteiger partial charge in [0, 0.05) is 0 Å². The third-order valence-electron chi connectivity index (χ3n) is 3.34. The Labute approximate surface area is 109 Å². The fourth-order valence-electron chi connectivity index (χ4n) is 2.35. The standard InChI is InChI=1S/C13H14O6/c14-8-3-1-7(2-4-8)13(16)19-10-6-18-11-9(15)5-17-12(10)11/h1-4,9-12,14-15H,5-6H2/t9-,10-,11?,12?/m1/s1. The molecule has 0 saturated carbocycles. The van der Waals surface area contributed by atoms with Gasteiger partial charge in [0.2, 0.25) is 0 Å². The molecule has 0 bridgehead atoms. The average molecular weight is 266 g/mol. The van der Waals surface area contributed by atoms with E-state index in [0.717, 1.165) is 0 Å². The molecule has 0 aromatic heterocycles. The third-order valence-corrected chi connectivity index (χ3v) is 3.34. The number of phenolic OH excluding ortho intramolecular Hbond substituents is 1. The van der Waals surface area contributed by atoms with Gasteiger partial charge in [-0.1, -0.05) is 0 Å². The molecule has 1 aromatic carbocycles. The lowest BCUT2D eigenvalue weighted by Gasteiger charge is -2.16. The Bertz CT molecular complexity index is 471. The van der Waals surface area contributed by atoms with E-state index < -0.39 is 30.4 Å². The van der Waals surface area contributed by atoms with Gasteiger partial charge in [-0.15, -0.1) is 0 Å². The highest BCUT2D eigenvalue weighted by atomic mass is 16.6. The molecule has 2 heterocycles. The quantitative estimate of drug-likeness (QED) is 0.737. The number of ether oxygens (including phenoxy) is 3. The fraction of sp³-hybridized carbons (Fsp3) is 0.462. The summed E-state index contributed by atoms with van der Waals surface area (Å²) in [5, 5.41) is 18.7. The summed E-state index contributed by atoms with van der Waals surface area (Å²) >= 11 is 0. The van der Waals surface area contributed by atoms with Gasteiger partial charge in [-0.05, 0) is 24.3 Å². The molecule has 0 aliphatic carbocycles. The van der Waals surface area contributed by atoms with Crippen LogP contribution in [0, 0.1) is 0 Å². The number of esters is 1. The summed E-state index contributed by atoms with van der Waals surface area (Å²) in [4.78, 5) is 11.9. The van der Waals surface area contributed by atoms with Crippen LogP contribution in [-0.4, -0.2) is 53.8 Å². The van der Waals surface area contributed by atoms with Gasteiger partial charge >= 0.3 is 5.97 Å². The van der Waals surface area contributed by atoms with E-state index >= 15 is 0 Å². The molecule has 0 radical (unpaired) electrons. The van der Waals surface area contributed by atoms with Crippen LogP contribution < -0.4 is 0 Å². The molecule has 102 valence electrons. The minimum atomic E-state index is -0.664. The van der Waals surface area contributed by atoms with Gasteiger partial charge in [-0.25, -0.2) is 4.79 Å². The van der Waals surface area contributed by atoms with Gasteiger partial charge in [0.15, 0.2) is 6.10 Å². The first-order valence-corrected chi connectivity index (χ1v) is 6.06. The van der Waals surface area contributed by atoms with E-state index in [0.29, 0.717) is 5.56 Å². The molecule has 2 aliphatic heterocycles. The topological polar surface area (TPSA) is 85.2 Å². The zero-order valence-electron chi connectivity index (χ0n) is 10.1. The summed E-state index contributed by atoms with van der Waals surface area (Å²) in [6.45, 7) is 0.415. The van der Waals surface area contributed by atoms with Crippen LogP contribution >= 0.6 is 0 Å². The number of aliphatic hydroxyl groups is 1. The lowest BCUT2D eigenvalue weighted by molar-refractivity contribution is -0.0209. The molecule has 2 aliphatic rings. The van der Waals surface area contributed by atoms with Crippen LogP contribution in [0.5, 0.6) is 5.75 Å². The number of benzene rings is 1. The van der Waals surface area contributed by atoms with Crippen molar-refractivity contribution in [1.29, 1.82) is 0 Å². The molecule has 2 saturated heterocycles. The van der Waals surface area contributed by atoms with Crippen molar-refractivity contribution in [3.8, 4) is 5.75 Å². The molecule has 1 aromatic rings. The predicted octanol–water partition coefficient (Wildman–Crippen LogP) is 0.0761. The molecule has 4 atom stereocenters. The van der Waals surface area contributed by atoms with E-state index in [4.69, 9.17) is 19.3 Å². The van der Waals surface area contributed by atoms with Gasteiger partial charge in [-0.2, -0.15) is 0 Å². The maximum atomic E-state index is 11.9. The van der Waals surface area contributed by atoms with Crippen molar-refractivity contribution in [3.63, 3.8) is 0 Å². The Morgan fingerprint density at radius 3 is 2.58 bits per heavy atom. The van der Waals surface area contributed by atoms with Crippen molar-refractivity contribution in [1.82, 2.24) is 0 Å². The monoisotopic (exact) mass is 266 g/mol. The maximum absolute atomic E-state index is 11.9. The molecule has 0 spiro atoms. The highest BCUT2D eigenvalue weighted by Gasteiger charge is 2.48. The molecular weight excluding hydrogens is 252 g/mol. The number of hydrogen-bond donors (Lipinski definition) is 2. The molecule has 19 heavy (non-hydrogen) atoms. The summed E-state index contributed by atoms with van der Waals surface area (Å²) < 4.78 is 16.0. The minimum Gasteiger partial charge on any atom is -0.508 e.